The summed E-state index contributed by atoms with van der Waals surface area (Å²) >= 11 is 0. The number of rotatable bonds is 4. The number of hydrogen-bond acceptors (Lipinski definition) is 5. The first kappa shape index (κ1) is 17.5. The van der Waals surface area contributed by atoms with Crippen LogP contribution in [0.3, 0.4) is 0 Å². The van der Waals surface area contributed by atoms with E-state index in [4.69, 9.17) is 10.00 Å². The minimum atomic E-state index is -0.657. The van der Waals surface area contributed by atoms with Gasteiger partial charge in [-0.2, -0.15) is 5.26 Å². The molecule has 1 aromatic carbocycles. The molecule has 22 heavy (non-hydrogen) atoms. The predicted molar refractivity (Wildman–Crippen MR) is 79.8 cm³/mol. The lowest BCUT2D eigenvalue weighted by atomic mass is 10.1. The molecule has 0 N–H and O–H groups in total. The summed E-state index contributed by atoms with van der Waals surface area (Å²) in [5.74, 6) is -0.528. The molecule has 0 saturated heterocycles. The predicted octanol–water partition coefficient (Wildman–Crippen LogP) is 2.47. The lowest BCUT2D eigenvalue weighted by Gasteiger charge is -2.26. The summed E-state index contributed by atoms with van der Waals surface area (Å²) in [7, 11) is 1.26. The van der Waals surface area contributed by atoms with Gasteiger partial charge in [-0.3, -0.25) is 9.69 Å². The van der Waals surface area contributed by atoms with Crippen molar-refractivity contribution in [2.24, 2.45) is 0 Å². The third kappa shape index (κ3) is 5.83. The first-order valence-corrected chi connectivity index (χ1v) is 6.79. The standard InChI is InChI=1S/C16H20N2O4/c1-16(2,3)22-15(20)18(11-14(19)21-4)10-13-7-5-12(9-17)6-8-13/h5-8H,10-11H2,1-4H3. The Morgan fingerprint density at radius 2 is 1.82 bits per heavy atom. The molecule has 118 valence electrons. The van der Waals surface area contributed by atoms with Crippen molar-refractivity contribution in [1.29, 1.82) is 5.26 Å². The number of nitrogens with zero attached hydrogens (tertiary/aromatic N) is 2. The maximum Gasteiger partial charge on any atom is 0.411 e. The zero-order chi connectivity index (χ0) is 16.8. The Morgan fingerprint density at radius 1 is 1.23 bits per heavy atom. The van der Waals surface area contributed by atoms with Crippen LogP contribution in [0.5, 0.6) is 0 Å². The van der Waals surface area contributed by atoms with Crippen LogP contribution < -0.4 is 0 Å². The fraction of sp³-hybridized carbons (Fsp3) is 0.438. The van der Waals surface area contributed by atoms with Gasteiger partial charge >= 0.3 is 12.1 Å². The average Bonchev–Trinajstić information content (AvgIpc) is 2.45. The number of esters is 1. The topological polar surface area (TPSA) is 79.6 Å². The number of amides is 1. The normalized spacial score (nSPS) is 10.5. The quantitative estimate of drug-likeness (QED) is 0.798. The van der Waals surface area contributed by atoms with Crippen LogP contribution in [-0.4, -0.2) is 36.2 Å². The summed E-state index contributed by atoms with van der Waals surface area (Å²) in [6.07, 6.45) is -0.595. The highest BCUT2D eigenvalue weighted by atomic mass is 16.6. The van der Waals surface area contributed by atoms with Gasteiger partial charge in [-0.15, -0.1) is 0 Å². The smallest absolute Gasteiger partial charge is 0.411 e. The molecule has 0 atom stereocenters. The van der Waals surface area contributed by atoms with Gasteiger partial charge in [0.2, 0.25) is 0 Å². The lowest BCUT2D eigenvalue weighted by Crippen LogP contribution is -2.39. The number of hydrogen-bond donors (Lipinski definition) is 0. The molecule has 0 saturated carbocycles. The van der Waals surface area contributed by atoms with E-state index in [1.54, 1.807) is 45.0 Å². The average molecular weight is 304 g/mol. The van der Waals surface area contributed by atoms with E-state index in [1.165, 1.54) is 12.0 Å². The van der Waals surface area contributed by atoms with E-state index in [2.05, 4.69) is 4.74 Å². The summed E-state index contributed by atoms with van der Waals surface area (Å²) in [5, 5.41) is 8.78. The zero-order valence-electron chi connectivity index (χ0n) is 13.3. The summed E-state index contributed by atoms with van der Waals surface area (Å²) in [4.78, 5) is 24.9. The number of nitriles is 1. The van der Waals surface area contributed by atoms with Crippen molar-refractivity contribution >= 4 is 12.1 Å². The number of carbonyl (C=O) groups excluding carboxylic acids is 2. The van der Waals surface area contributed by atoms with Crippen LogP contribution in [0.25, 0.3) is 0 Å². The van der Waals surface area contributed by atoms with Gasteiger partial charge < -0.3 is 9.47 Å². The molecular weight excluding hydrogens is 284 g/mol. The van der Waals surface area contributed by atoms with Crippen molar-refractivity contribution in [2.45, 2.75) is 32.9 Å². The second-order valence-electron chi connectivity index (χ2n) is 5.72. The van der Waals surface area contributed by atoms with Crippen molar-refractivity contribution in [2.75, 3.05) is 13.7 Å². The van der Waals surface area contributed by atoms with Gasteiger partial charge in [0.25, 0.3) is 0 Å². The van der Waals surface area contributed by atoms with Crippen LogP contribution in [0.4, 0.5) is 4.79 Å². The number of benzene rings is 1. The molecule has 0 aliphatic carbocycles. The van der Waals surface area contributed by atoms with Crippen molar-refractivity contribution in [3.63, 3.8) is 0 Å². The molecule has 0 spiro atoms. The van der Waals surface area contributed by atoms with Crippen LogP contribution in [0, 0.1) is 11.3 Å². The molecule has 0 aliphatic heterocycles. The van der Waals surface area contributed by atoms with Crippen LogP contribution in [0.2, 0.25) is 0 Å². The maximum absolute atomic E-state index is 12.2. The Labute approximate surface area is 130 Å². The van der Waals surface area contributed by atoms with Gasteiger partial charge in [-0.1, -0.05) is 12.1 Å². The summed E-state index contributed by atoms with van der Waals surface area (Å²) in [5.41, 5.74) is 0.658. The molecule has 1 amide bonds. The fourth-order valence-corrected chi connectivity index (χ4v) is 1.64. The van der Waals surface area contributed by atoms with Crippen molar-refractivity contribution in [1.82, 2.24) is 4.90 Å². The van der Waals surface area contributed by atoms with Gasteiger partial charge in [0.1, 0.15) is 12.1 Å². The van der Waals surface area contributed by atoms with E-state index in [9.17, 15) is 9.59 Å². The van der Waals surface area contributed by atoms with E-state index in [1.807, 2.05) is 6.07 Å². The first-order valence-electron chi connectivity index (χ1n) is 6.79. The van der Waals surface area contributed by atoms with Gasteiger partial charge in [0.15, 0.2) is 0 Å². The Kier molecular flexibility index (Phi) is 5.93. The van der Waals surface area contributed by atoms with Crippen molar-refractivity contribution < 1.29 is 19.1 Å². The van der Waals surface area contributed by atoms with Crippen LogP contribution in [-0.2, 0) is 20.8 Å². The van der Waals surface area contributed by atoms with Crippen LogP contribution >= 0.6 is 0 Å². The van der Waals surface area contributed by atoms with Gasteiger partial charge in [-0.05, 0) is 38.5 Å². The van der Waals surface area contributed by atoms with E-state index in [-0.39, 0.29) is 13.1 Å². The third-order valence-corrected chi connectivity index (χ3v) is 2.66. The highest BCUT2D eigenvalue weighted by Gasteiger charge is 2.24. The Balaban J connectivity index is 2.87. The Hall–Kier alpha value is -2.55. The Bertz CT molecular complexity index is 567. The van der Waals surface area contributed by atoms with Crippen molar-refractivity contribution in [3.8, 4) is 6.07 Å². The van der Waals surface area contributed by atoms with Gasteiger partial charge in [0.05, 0.1) is 18.7 Å². The molecule has 0 unspecified atom stereocenters. The first-order chi connectivity index (χ1) is 10.2. The maximum atomic E-state index is 12.2. The molecule has 6 heteroatoms. The lowest BCUT2D eigenvalue weighted by molar-refractivity contribution is -0.142. The minimum absolute atomic E-state index is 0.190. The largest absolute Gasteiger partial charge is 0.468 e. The van der Waals surface area contributed by atoms with Gasteiger partial charge in [-0.25, -0.2) is 4.79 Å². The van der Waals surface area contributed by atoms with E-state index in [0.717, 1.165) is 5.56 Å². The van der Waals surface area contributed by atoms with Gasteiger partial charge in [0, 0.05) is 6.54 Å². The zero-order valence-corrected chi connectivity index (χ0v) is 13.3. The summed E-state index contributed by atoms with van der Waals surface area (Å²) < 4.78 is 9.89. The van der Waals surface area contributed by atoms with E-state index >= 15 is 0 Å². The fourth-order valence-electron chi connectivity index (χ4n) is 1.64. The molecule has 0 aromatic heterocycles. The molecule has 0 aliphatic rings. The van der Waals surface area contributed by atoms with E-state index in [0.29, 0.717) is 5.56 Å². The second kappa shape index (κ2) is 7.46. The highest BCUT2D eigenvalue weighted by Crippen LogP contribution is 2.13. The molecule has 1 aromatic rings. The number of carbonyl (C=O) groups is 2. The second-order valence-corrected chi connectivity index (χ2v) is 5.72. The van der Waals surface area contributed by atoms with E-state index < -0.39 is 17.7 Å². The molecule has 6 nitrogen and oxygen atoms in total. The molecule has 0 bridgehead atoms. The number of ether oxygens (including phenoxy) is 2. The van der Waals surface area contributed by atoms with Crippen molar-refractivity contribution in [3.05, 3.63) is 35.4 Å². The summed E-state index contributed by atoms with van der Waals surface area (Å²) in [6.45, 7) is 5.25. The SMILES string of the molecule is COC(=O)CN(Cc1ccc(C#N)cc1)C(=O)OC(C)(C)C. The molecule has 1 rings (SSSR count). The Morgan fingerprint density at radius 3 is 2.27 bits per heavy atom. The summed E-state index contributed by atoms with van der Waals surface area (Å²) in [6, 6.07) is 8.79. The monoisotopic (exact) mass is 304 g/mol. The molecule has 0 heterocycles. The molecule has 0 radical (unpaired) electrons. The number of methoxy groups -OCH3 is 1. The minimum Gasteiger partial charge on any atom is -0.468 e. The third-order valence-electron chi connectivity index (χ3n) is 2.66. The van der Waals surface area contributed by atoms with Crippen LogP contribution in [0.15, 0.2) is 24.3 Å². The molecule has 0 fully saturated rings. The van der Waals surface area contributed by atoms with Crippen LogP contribution in [0.1, 0.15) is 31.9 Å². The highest BCUT2D eigenvalue weighted by molar-refractivity contribution is 5.78. The molecular formula is C16H20N2O4.